The lowest BCUT2D eigenvalue weighted by atomic mass is 10.1. The standard InChI is InChI=1S/C14H12N2O2S/c1-18-9-2-3-10-11(6-9)19-13-15-12(7-16(10)13)14(8-17)4-5-14/h2-3,6-8H,4-5H2,1H3. The van der Waals surface area contributed by atoms with Gasteiger partial charge in [-0.25, -0.2) is 4.98 Å². The molecular weight excluding hydrogens is 260 g/mol. The van der Waals surface area contributed by atoms with E-state index in [0.717, 1.165) is 45.7 Å². The topological polar surface area (TPSA) is 43.6 Å². The maximum absolute atomic E-state index is 11.2. The van der Waals surface area contributed by atoms with Crippen LogP contribution < -0.4 is 4.74 Å². The first-order valence-electron chi connectivity index (χ1n) is 6.18. The van der Waals surface area contributed by atoms with Crippen LogP contribution in [0, 0.1) is 0 Å². The number of ether oxygens (including phenoxy) is 1. The number of hydrogen-bond donors (Lipinski definition) is 0. The summed E-state index contributed by atoms with van der Waals surface area (Å²) in [5, 5.41) is 0. The fraction of sp³-hybridized carbons (Fsp3) is 0.286. The third-order valence-corrected chi connectivity index (χ3v) is 4.84. The van der Waals surface area contributed by atoms with Crippen molar-refractivity contribution in [2.24, 2.45) is 0 Å². The van der Waals surface area contributed by atoms with Crippen molar-refractivity contribution < 1.29 is 9.53 Å². The molecule has 0 radical (unpaired) electrons. The average Bonchev–Trinajstić information content (AvgIpc) is 3.02. The zero-order chi connectivity index (χ0) is 13.0. The van der Waals surface area contributed by atoms with Crippen LogP contribution in [0.5, 0.6) is 5.75 Å². The molecule has 1 aliphatic rings. The van der Waals surface area contributed by atoms with Gasteiger partial charge in [0.05, 0.1) is 28.4 Å². The van der Waals surface area contributed by atoms with Crippen LogP contribution in [0.2, 0.25) is 0 Å². The van der Waals surface area contributed by atoms with Gasteiger partial charge >= 0.3 is 0 Å². The fourth-order valence-corrected chi connectivity index (χ4v) is 3.45. The first-order chi connectivity index (χ1) is 9.25. The summed E-state index contributed by atoms with van der Waals surface area (Å²) < 4.78 is 8.44. The smallest absolute Gasteiger partial charge is 0.194 e. The van der Waals surface area contributed by atoms with Crippen molar-refractivity contribution in [1.82, 2.24) is 9.38 Å². The zero-order valence-corrected chi connectivity index (χ0v) is 11.2. The summed E-state index contributed by atoms with van der Waals surface area (Å²) in [5.74, 6) is 0.851. The molecule has 0 N–H and O–H groups in total. The molecule has 19 heavy (non-hydrogen) atoms. The SMILES string of the molecule is COc1ccc2c(c1)sc1nc(C3(C=O)CC3)cn12. The van der Waals surface area contributed by atoms with Crippen LogP contribution in [0.1, 0.15) is 18.5 Å². The predicted molar refractivity (Wildman–Crippen MR) is 74.1 cm³/mol. The highest BCUT2D eigenvalue weighted by atomic mass is 32.1. The maximum Gasteiger partial charge on any atom is 0.194 e. The van der Waals surface area contributed by atoms with Gasteiger partial charge in [-0.3, -0.25) is 4.40 Å². The molecule has 3 aromatic rings. The Bertz CT molecular complexity index is 798. The first kappa shape index (κ1) is 11.0. The zero-order valence-electron chi connectivity index (χ0n) is 10.4. The monoisotopic (exact) mass is 272 g/mol. The summed E-state index contributed by atoms with van der Waals surface area (Å²) in [5.41, 5.74) is 1.72. The second kappa shape index (κ2) is 3.57. The lowest BCUT2D eigenvalue weighted by Gasteiger charge is -2.00. The molecule has 0 aliphatic heterocycles. The van der Waals surface area contributed by atoms with Crippen molar-refractivity contribution >= 4 is 32.8 Å². The number of thiazole rings is 1. The number of benzene rings is 1. The number of fused-ring (bicyclic) bond motifs is 3. The molecule has 0 spiro atoms. The van der Waals surface area contributed by atoms with Gasteiger partial charge in [-0.2, -0.15) is 0 Å². The minimum atomic E-state index is -0.301. The van der Waals surface area contributed by atoms with Gasteiger partial charge in [-0.1, -0.05) is 11.3 Å². The Morgan fingerprint density at radius 1 is 1.47 bits per heavy atom. The van der Waals surface area contributed by atoms with Gasteiger partial charge in [-0.15, -0.1) is 0 Å². The molecule has 1 saturated carbocycles. The minimum Gasteiger partial charge on any atom is -0.497 e. The highest BCUT2D eigenvalue weighted by Crippen LogP contribution is 2.46. The Hall–Kier alpha value is -1.88. The van der Waals surface area contributed by atoms with Gasteiger partial charge in [0.15, 0.2) is 4.96 Å². The van der Waals surface area contributed by atoms with E-state index in [1.54, 1.807) is 18.4 Å². The van der Waals surface area contributed by atoms with Crippen LogP contribution in [0.25, 0.3) is 15.2 Å². The molecule has 0 saturated heterocycles. The van der Waals surface area contributed by atoms with Crippen molar-refractivity contribution in [2.75, 3.05) is 7.11 Å². The van der Waals surface area contributed by atoms with E-state index in [1.807, 2.05) is 24.4 Å². The molecule has 0 bridgehead atoms. The van der Waals surface area contributed by atoms with E-state index in [-0.39, 0.29) is 5.41 Å². The van der Waals surface area contributed by atoms with Gasteiger partial charge in [0.25, 0.3) is 0 Å². The molecule has 0 unspecified atom stereocenters. The van der Waals surface area contributed by atoms with Gasteiger partial charge < -0.3 is 9.53 Å². The highest BCUT2D eigenvalue weighted by molar-refractivity contribution is 7.23. The molecule has 2 aromatic heterocycles. The molecule has 0 atom stereocenters. The van der Waals surface area contributed by atoms with Crippen molar-refractivity contribution in [3.63, 3.8) is 0 Å². The Balaban J connectivity index is 1.93. The molecule has 0 amide bonds. The number of carbonyl (C=O) groups is 1. The third-order valence-electron chi connectivity index (χ3n) is 3.83. The normalized spacial score (nSPS) is 16.9. The Morgan fingerprint density at radius 2 is 2.32 bits per heavy atom. The van der Waals surface area contributed by atoms with Gasteiger partial charge in [-0.05, 0) is 31.0 Å². The van der Waals surface area contributed by atoms with E-state index in [2.05, 4.69) is 9.38 Å². The van der Waals surface area contributed by atoms with E-state index < -0.39 is 0 Å². The van der Waals surface area contributed by atoms with Crippen molar-refractivity contribution in [1.29, 1.82) is 0 Å². The molecule has 5 heteroatoms. The number of rotatable bonds is 3. The van der Waals surface area contributed by atoms with Crippen molar-refractivity contribution in [3.05, 3.63) is 30.1 Å². The second-order valence-corrected chi connectivity index (χ2v) is 6.00. The van der Waals surface area contributed by atoms with Crippen LogP contribution >= 0.6 is 11.3 Å². The van der Waals surface area contributed by atoms with E-state index in [4.69, 9.17) is 4.74 Å². The van der Waals surface area contributed by atoms with E-state index in [9.17, 15) is 4.79 Å². The number of imidazole rings is 1. The van der Waals surface area contributed by atoms with Crippen LogP contribution in [0.15, 0.2) is 24.4 Å². The largest absolute Gasteiger partial charge is 0.497 e. The summed E-state index contributed by atoms with van der Waals surface area (Å²) in [7, 11) is 1.67. The lowest BCUT2D eigenvalue weighted by molar-refractivity contribution is -0.109. The van der Waals surface area contributed by atoms with Crippen molar-refractivity contribution in [3.8, 4) is 5.75 Å². The molecule has 2 heterocycles. The molecule has 4 nitrogen and oxygen atoms in total. The van der Waals surface area contributed by atoms with Gasteiger partial charge in [0, 0.05) is 6.20 Å². The van der Waals surface area contributed by atoms with Gasteiger partial charge in [0.1, 0.15) is 12.0 Å². The van der Waals surface area contributed by atoms with E-state index >= 15 is 0 Å². The summed E-state index contributed by atoms with van der Waals surface area (Å²) in [6.07, 6.45) is 4.90. The predicted octanol–water partition coefficient (Wildman–Crippen LogP) is 2.79. The fourth-order valence-electron chi connectivity index (χ4n) is 2.42. The third kappa shape index (κ3) is 1.45. The van der Waals surface area contributed by atoms with Crippen LogP contribution in [0.4, 0.5) is 0 Å². The molecular formula is C14H12N2O2S. The number of hydrogen-bond acceptors (Lipinski definition) is 4. The van der Waals surface area contributed by atoms with E-state index in [0.29, 0.717) is 0 Å². The van der Waals surface area contributed by atoms with Gasteiger partial charge in [0.2, 0.25) is 0 Å². The van der Waals surface area contributed by atoms with Crippen LogP contribution in [-0.4, -0.2) is 22.8 Å². The quantitative estimate of drug-likeness (QED) is 0.689. The maximum atomic E-state index is 11.2. The number of aromatic nitrogens is 2. The summed E-state index contributed by atoms with van der Waals surface area (Å²) in [6.45, 7) is 0. The average molecular weight is 272 g/mol. The molecule has 96 valence electrons. The lowest BCUT2D eigenvalue weighted by Crippen LogP contribution is -2.07. The summed E-state index contributed by atoms with van der Waals surface area (Å²) >= 11 is 1.62. The second-order valence-electron chi connectivity index (χ2n) is 4.99. The molecule has 1 aliphatic carbocycles. The molecule has 1 aromatic carbocycles. The molecule has 4 rings (SSSR count). The Labute approximate surface area is 113 Å². The summed E-state index contributed by atoms with van der Waals surface area (Å²) in [6, 6.07) is 5.99. The Morgan fingerprint density at radius 3 is 3.00 bits per heavy atom. The highest BCUT2D eigenvalue weighted by Gasteiger charge is 2.46. The first-order valence-corrected chi connectivity index (χ1v) is 7.00. The number of nitrogens with zero attached hydrogens (tertiary/aromatic N) is 2. The van der Waals surface area contributed by atoms with Crippen molar-refractivity contribution in [2.45, 2.75) is 18.3 Å². The van der Waals surface area contributed by atoms with E-state index in [1.165, 1.54) is 0 Å². The van der Waals surface area contributed by atoms with Crippen LogP contribution in [0.3, 0.4) is 0 Å². The number of aldehydes is 1. The van der Waals surface area contributed by atoms with Crippen LogP contribution in [-0.2, 0) is 10.2 Å². The Kier molecular flexibility index (Phi) is 2.07. The number of carbonyl (C=O) groups excluding carboxylic acids is 1. The number of methoxy groups -OCH3 is 1. The minimum absolute atomic E-state index is 0.301. The molecule has 1 fully saturated rings. The summed E-state index contributed by atoms with van der Waals surface area (Å²) in [4.78, 5) is 16.7.